The van der Waals surface area contributed by atoms with Crippen LogP contribution in [0.5, 0.6) is 0 Å². The van der Waals surface area contributed by atoms with Gasteiger partial charge in [0.1, 0.15) is 11.3 Å². The Balaban J connectivity index is 1.88. The molecule has 184 valence electrons. The number of pyridine rings is 1. The van der Waals surface area contributed by atoms with Crippen molar-refractivity contribution in [2.24, 2.45) is 0 Å². The lowest BCUT2D eigenvalue weighted by Gasteiger charge is -2.26. The molecule has 1 N–H and O–H groups in total. The SMILES string of the molecule is COCCCN1C(=O)C(=O)C(=C(O)c2nc3c(C)cccn3c2C)C1c1ccc(C(C)(C)C)cc1. The van der Waals surface area contributed by atoms with Gasteiger partial charge in [0.15, 0.2) is 5.76 Å². The van der Waals surface area contributed by atoms with E-state index in [1.165, 1.54) is 4.90 Å². The number of benzene rings is 1. The number of hydrogen-bond donors (Lipinski definition) is 1. The summed E-state index contributed by atoms with van der Waals surface area (Å²) in [6.45, 7) is 11.0. The molecule has 1 fully saturated rings. The Morgan fingerprint density at radius 2 is 1.80 bits per heavy atom. The summed E-state index contributed by atoms with van der Waals surface area (Å²) in [5.74, 6) is -1.56. The molecule has 0 saturated carbocycles. The molecular formula is C28H33N3O4. The Hall–Kier alpha value is -3.45. The second kappa shape index (κ2) is 9.30. The third-order valence-corrected chi connectivity index (χ3v) is 6.69. The number of carbonyl (C=O) groups is 2. The number of fused-ring (bicyclic) bond motifs is 1. The Morgan fingerprint density at radius 3 is 2.40 bits per heavy atom. The Bertz CT molecular complexity index is 1310. The van der Waals surface area contributed by atoms with Gasteiger partial charge in [-0.2, -0.15) is 0 Å². The first-order valence-corrected chi connectivity index (χ1v) is 11.9. The number of nitrogens with zero attached hydrogens (tertiary/aromatic N) is 3. The van der Waals surface area contributed by atoms with Gasteiger partial charge < -0.3 is 19.1 Å². The minimum absolute atomic E-state index is 0.0374. The number of likely N-dealkylation sites (tertiary alicyclic amines) is 1. The van der Waals surface area contributed by atoms with Crippen LogP contribution in [0.15, 0.2) is 48.2 Å². The quantitative estimate of drug-likeness (QED) is 0.242. The first kappa shape index (κ1) is 24.7. The molecule has 2 aromatic heterocycles. The average Bonchev–Trinajstić information content (AvgIpc) is 3.29. The van der Waals surface area contributed by atoms with E-state index in [-0.39, 0.29) is 16.7 Å². The summed E-state index contributed by atoms with van der Waals surface area (Å²) in [6, 6.07) is 11.1. The minimum Gasteiger partial charge on any atom is -0.505 e. The third-order valence-electron chi connectivity index (χ3n) is 6.69. The maximum absolute atomic E-state index is 13.3. The zero-order valence-corrected chi connectivity index (χ0v) is 21.3. The minimum atomic E-state index is -0.703. The molecule has 1 atom stereocenters. The molecule has 7 nitrogen and oxygen atoms in total. The fourth-order valence-corrected chi connectivity index (χ4v) is 4.68. The maximum atomic E-state index is 13.3. The number of ether oxygens (including phenoxy) is 1. The summed E-state index contributed by atoms with van der Waals surface area (Å²) in [6.07, 6.45) is 2.44. The van der Waals surface area contributed by atoms with E-state index >= 15 is 0 Å². The number of aliphatic hydroxyl groups is 1. The molecule has 1 aromatic carbocycles. The summed E-state index contributed by atoms with van der Waals surface area (Å²) in [5, 5.41) is 11.5. The number of aryl methyl sites for hydroxylation is 2. The van der Waals surface area contributed by atoms with E-state index in [1.54, 1.807) is 7.11 Å². The predicted octanol–water partition coefficient (Wildman–Crippen LogP) is 4.71. The summed E-state index contributed by atoms with van der Waals surface area (Å²) < 4.78 is 7.05. The highest BCUT2D eigenvalue weighted by molar-refractivity contribution is 6.46. The summed E-state index contributed by atoms with van der Waals surface area (Å²) in [7, 11) is 1.60. The molecule has 35 heavy (non-hydrogen) atoms. The fraction of sp³-hybridized carbons (Fsp3) is 0.393. The van der Waals surface area contributed by atoms with Gasteiger partial charge in [-0.15, -0.1) is 0 Å². The molecule has 1 saturated heterocycles. The number of aromatic nitrogens is 2. The van der Waals surface area contributed by atoms with Crippen molar-refractivity contribution >= 4 is 23.1 Å². The standard InChI is InChI=1S/C28H33N3O4/c1-17-9-7-14-30-18(2)22(29-26(17)30)24(32)21-23(19-10-12-20(13-11-19)28(3,4)5)31(15-8-16-35-6)27(34)25(21)33/h7,9-14,23,32H,8,15-16H2,1-6H3. The largest absolute Gasteiger partial charge is 0.505 e. The van der Waals surface area contributed by atoms with Gasteiger partial charge in [-0.1, -0.05) is 51.1 Å². The maximum Gasteiger partial charge on any atom is 0.295 e. The van der Waals surface area contributed by atoms with Crippen molar-refractivity contribution in [3.63, 3.8) is 0 Å². The second-order valence-corrected chi connectivity index (χ2v) is 10.1. The smallest absolute Gasteiger partial charge is 0.295 e. The van der Waals surface area contributed by atoms with Gasteiger partial charge in [-0.05, 0) is 48.4 Å². The van der Waals surface area contributed by atoms with Crippen molar-refractivity contribution in [2.45, 2.75) is 52.5 Å². The number of ketones is 1. The van der Waals surface area contributed by atoms with Crippen molar-refractivity contribution < 1.29 is 19.4 Å². The second-order valence-electron chi connectivity index (χ2n) is 10.1. The first-order chi connectivity index (χ1) is 16.6. The number of imidazole rings is 1. The van der Waals surface area contributed by atoms with Crippen molar-refractivity contribution in [2.75, 3.05) is 20.3 Å². The van der Waals surface area contributed by atoms with Crippen LogP contribution < -0.4 is 0 Å². The molecule has 1 aliphatic heterocycles. The lowest BCUT2D eigenvalue weighted by Crippen LogP contribution is -2.31. The van der Waals surface area contributed by atoms with Crippen molar-refractivity contribution in [3.05, 3.63) is 76.2 Å². The van der Waals surface area contributed by atoms with Crippen LogP contribution in [0.2, 0.25) is 0 Å². The number of amides is 1. The average molecular weight is 476 g/mol. The van der Waals surface area contributed by atoms with Gasteiger partial charge in [0.2, 0.25) is 0 Å². The normalized spacial score (nSPS) is 18.1. The highest BCUT2D eigenvalue weighted by Crippen LogP contribution is 2.40. The van der Waals surface area contributed by atoms with Crippen molar-refractivity contribution in [1.82, 2.24) is 14.3 Å². The molecule has 3 heterocycles. The number of methoxy groups -OCH3 is 1. The number of aliphatic hydroxyl groups excluding tert-OH is 1. The van der Waals surface area contributed by atoms with E-state index in [4.69, 9.17) is 4.74 Å². The number of Topliss-reactive ketones (excluding diaryl/α,β-unsaturated/α-hetero) is 1. The van der Waals surface area contributed by atoms with Crippen molar-refractivity contribution in [1.29, 1.82) is 0 Å². The van der Waals surface area contributed by atoms with Crippen LogP contribution in [0.3, 0.4) is 0 Å². The molecule has 7 heteroatoms. The van der Waals surface area contributed by atoms with Gasteiger partial charge in [-0.25, -0.2) is 4.98 Å². The number of carbonyl (C=O) groups excluding carboxylic acids is 2. The zero-order chi connectivity index (χ0) is 25.5. The molecule has 0 spiro atoms. The molecule has 0 radical (unpaired) electrons. The zero-order valence-electron chi connectivity index (χ0n) is 21.3. The lowest BCUT2D eigenvalue weighted by atomic mass is 9.85. The van der Waals surface area contributed by atoms with Gasteiger partial charge in [0.05, 0.1) is 17.3 Å². The van der Waals surface area contributed by atoms with Crippen LogP contribution in [0.25, 0.3) is 11.4 Å². The van der Waals surface area contributed by atoms with Crippen LogP contribution in [-0.2, 0) is 19.7 Å². The monoisotopic (exact) mass is 475 g/mol. The molecule has 1 amide bonds. The van der Waals surface area contributed by atoms with Crippen molar-refractivity contribution in [3.8, 4) is 0 Å². The van der Waals surface area contributed by atoms with E-state index in [0.29, 0.717) is 36.6 Å². The van der Waals surface area contributed by atoms with Crippen LogP contribution in [-0.4, -0.2) is 51.3 Å². The molecule has 0 bridgehead atoms. The number of rotatable bonds is 6. The van der Waals surface area contributed by atoms with E-state index in [9.17, 15) is 14.7 Å². The molecule has 4 rings (SSSR count). The van der Waals surface area contributed by atoms with Gasteiger partial charge >= 0.3 is 0 Å². The van der Waals surface area contributed by atoms with Gasteiger partial charge in [0, 0.05) is 26.5 Å². The lowest BCUT2D eigenvalue weighted by molar-refractivity contribution is -0.140. The summed E-state index contributed by atoms with van der Waals surface area (Å²) in [5.41, 5.74) is 4.61. The van der Waals surface area contributed by atoms with Crippen LogP contribution in [0, 0.1) is 13.8 Å². The highest BCUT2D eigenvalue weighted by Gasteiger charge is 2.46. The van der Waals surface area contributed by atoms with Gasteiger partial charge in [-0.3, -0.25) is 9.59 Å². The van der Waals surface area contributed by atoms with Gasteiger partial charge in [0.25, 0.3) is 11.7 Å². The first-order valence-electron chi connectivity index (χ1n) is 11.9. The Morgan fingerprint density at radius 1 is 1.11 bits per heavy atom. The summed E-state index contributed by atoms with van der Waals surface area (Å²) in [4.78, 5) is 32.6. The topological polar surface area (TPSA) is 84.1 Å². The Labute approximate surface area is 206 Å². The molecule has 0 aliphatic carbocycles. The van der Waals surface area contributed by atoms with E-state index in [0.717, 1.165) is 16.7 Å². The highest BCUT2D eigenvalue weighted by atomic mass is 16.5. The molecule has 1 unspecified atom stereocenters. The number of hydrogen-bond acceptors (Lipinski definition) is 5. The molecular weight excluding hydrogens is 442 g/mol. The predicted molar refractivity (Wildman–Crippen MR) is 135 cm³/mol. The summed E-state index contributed by atoms with van der Waals surface area (Å²) >= 11 is 0. The molecule has 1 aliphatic rings. The fourth-order valence-electron chi connectivity index (χ4n) is 4.68. The third kappa shape index (κ3) is 4.36. The van der Waals surface area contributed by atoms with E-state index < -0.39 is 17.7 Å². The van der Waals surface area contributed by atoms with Crippen LogP contribution >= 0.6 is 0 Å². The Kier molecular flexibility index (Phi) is 6.56. The van der Waals surface area contributed by atoms with Crippen LogP contribution in [0.1, 0.15) is 61.3 Å². The van der Waals surface area contributed by atoms with E-state index in [1.807, 2.05) is 60.8 Å². The molecule has 3 aromatic rings. The van der Waals surface area contributed by atoms with E-state index in [2.05, 4.69) is 25.8 Å². The van der Waals surface area contributed by atoms with Crippen LogP contribution in [0.4, 0.5) is 0 Å².